The molecular formula is C17H28N4O6. The Kier molecular flexibility index (Phi) is 8.70. The second-order valence-corrected chi connectivity index (χ2v) is 6.37. The van der Waals surface area contributed by atoms with E-state index < -0.39 is 48.5 Å². The second kappa shape index (κ2) is 10.5. The fourth-order valence-corrected chi connectivity index (χ4v) is 2.90. The van der Waals surface area contributed by atoms with Crippen LogP contribution in [0.5, 0.6) is 0 Å². The van der Waals surface area contributed by atoms with Crippen molar-refractivity contribution in [2.75, 3.05) is 19.7 Å². The van der Waals surface area contributed by atoms with Crippen LogP contribution in [0.25, 0.3) is 0 Å². The summed E-state index contributed by atoms with van der Waals surface area (Å²) in [6, 6.07) is -1.34. The minimum absolute atomic E-state index is 0.405. The van der Waals surface area contributed by atoms with Crippen molar-refractivity contribution in [2.24, 2.45) is 0 Å². The highest BCUT2D eigenvalue weighted by Crippen LogP contribution is 2.27. The predicted molar refractivity (Wildman–Crippen MR) is 95.6 cm³/mol. The van der Waals surface area contributed by atoms with Gasteiger partial charge in [0.05, 0.1) is 0 Å². The number of carbonyl (C=O) groups is 5. The number of hydrogen-bond acceptors (Lipinski definition) is 6. The zero-order valence-corrected chi connectivity index (χ0v) is 16.1. The molecular weight excluding hydrogens is 356 g/mol. The molecule has 1 aliphatic rings. The Balaban J connectivity index is 2.54. The second-order valence-electron chi connectivity index (χ2n) is 6.37. The van der Waals surface area contributed by atoms with E-state index in [0.717, 1.165) is 4.90 Å². The quantitative estimate of drug-likeness (QED) is 0.374. The SMILES string of the molecule is CCCNC(=O)NC(=O)COC(=O)CN1C(=O)NC(CCC)(CCC)C1=O. The minimum atomic E-state index is -0.990. The Morgan fingerprint density at radius 3 is 2.26 bits per heavy atom. The van der Waals surface area contributed by atoms with E-state index in [9.17, 15) is 24.0 Å². The van der Waals surface area contributed by atoms with Gasteiger partial charge in [-0.1, -0.05) is 33.6 Å². The molecule has 0 aromatic rings. The number of ether oxygens (including phenoxy) is 1. The molecule has 0 atom stereocenters. The van der Waals surface area contributed by atoms with E-state index >= 15 is 0 Å². The van der Waals surface area contributed by atoms with Crippen LogP contribution in [0.2, 0.25) is 0 Å². The number of hydrogen-bond donors (Lipinski definition) is 3. The van der Waals surface area contributed by atoms with Crippen LogP contribution in [-0.4, -0.2) is 60.0 Å². The summed E-state index contributed by atoms with van der Waals surface area (Å²) in [5, 5.41) is 7.12. The Morgan fingerprint density at radius 2 is 1.70 bits per heavy atom. The average Bonchev–Trinajstić information content (AvgIpc) is 2.83. The highest BCUT2D eigenvalue weighted by atomic mass is 16.5. The zero-order chi connectivity index (χ0) is 20.4. The summed E-state index contributed by atoms with van der Waals surface area (Å²) >= 11 is 0. The smallest absolute Gasteiger partial charge is 0.326 e. The third kappa shape index (κ3) is 6.22. The van der Waals surface area contributed by atoms with Gasteiger partial charge in [-0.15, -0.1) is 0 Å². The molecule has 0 saturated carbocycles. The summed E-state index contributed by atoms with van der Waals surface area (Å²) < 4.78 is 4.75. The van der Waals surface area contributed by atoms with Crippen molar-refractivity contribution in [1.29, 1.82) is 0 Å². The molecule has 0 bridgehead atoms. The first kappa shape index (κ1) is 22.4. The summed E-state index contributed by atoms with van der Waals surface area (Å²) in [5.74, 6) is -2.18. The molecule has 1 heterocycles. The third-order valence-corrected chi connectivity index (χ3v) is 4.04. The number of imide groups is 2. The lowest BCUT2D eigenvalue weighted by Gasteiger charge is -2.25. The normalized spacial score (nSPS) is 15.3. The van der Waals surface area contributed by atoms with Crippen molar-refractivity contribution in [1.82, 2.24) is 20.9 Å². The molecule has 6 amide bonds. The van der Waals surface area contributed by atoms with E-state index in [4.69, 9.17) is 4.74 Å². The monoisotopic (exact) mass is 384 g/mol. The topological polar surface area (TPSA) is 134 Å². The maximum Gasteiger partial charge on any atom is 0.326 e. The lowest BCUT2D eigenvalue weighted by Crippen LogP contribution is -2.47. The van der Waals surface area contributed by atoms with E-state index in [1.165, 1.54) is 0 Å². The van der Waals surface area contributed by atoms with Gasteiger partial charge in [0, 0.05) is 6.54 Å². The van der Waals surface area contributed by atoms with Gasteiger partial charge in [-0.3, -0.25) is 24.6 Å². The van der Waals surface area contributed by atoms with Crippen LogP contribution in [0, 0.1) is 0 Å². The molecule has 10 nitrogen and oxygen atoms in total. The summed E-state index contributed by atoms with van der Waals surface area (Å²) in [7, 11) is 0. The number of nitrogens with zero attached hydrogens (tertiary/aromatic N) is 1. The molecule has 1 aliphatic heterocycles. The maximum atomic E-state index is 12.6. The van der Waals surface area contributed by atoms with Crippen molar-refractivity contribution >= 4 is 29.8 Å². The summed E-state index contributed by atoms with van der Waals surface area (Å²) in [6.45, 7) is 4.80. The number of carbonyl (C=O) groups excluding carboxylic acids is 5. The minimum Gasteiger partial charge on any atom is -0.454 e. The standard InChI is InChI=1S/C17H28N4O6/c1-4-7-17(8-5-2)14(24)21(16(26)20-17)10-13(23)27-11-12(22)19-15(25)18-9-6-3/h4-11H2,1-3H3,(H,20,26)(H2,18,19,22,25). The lowest BCUT2D eigenvalue weighted by molar-refractivity contribution is -0.151. The highest BCUT2D eigenvalue weighted by molar-refractivity contribution is 6.08. The van der Waals surface area contributed by atoms with Gasteiger partial charge in [0.25, 0.3) is 11.8 Å². The predicted octanol–water partition coefficient (Wildman–Crippen LogP) is 0.656. The first-order chi connectivity index (χ1) is 12.8. The van der Waals surface area contributed by atoms with E-state index in [2.05, 4.69) is 10.6 Å². The van der Waals surface area contributed by atoms with Crippen molar-refractivity contribution in [3.8, 4) is 0 Å². The van der Waals surface area contributed by atoms with Crippen molar-refractivity contribution in [2.45, 2.75) is 58.4 Å². The molecule has 27 heavy (non-hydrogen) atoms. The van der Waals surface area contributed by atoms with Crippen LogP contribution >= 0.6 is 0 Å². The number of esters is 1. The summed E-state index contributed by atoms with van der Waals surface area (Å²) in [4.78, 5) is 60.3. The number of rotatable bonds is 10. The van der Waals surface area contributed by atoms with Crippen LogP contribution < -0.4 is 16.0 Å². The molecule has 152 valence electrons. The number of amides is 6. The molecule has 0 radical (unpaired) electrons. The van der Waals surface area contributed by atoms with E-state index in [1.54, 1.807) is 0 Å². The first-order valence-electron chi connectivity index (χ1n) is 9.17. The van der Waals surface area contributed by atoms with Gasteiger partial charge >= 0.3 is 18.0 Å². The third-order valence-electron chi connectivity index (χ3n) is 4.04. The molecule has 0 unspecified atom stereocenters. The first-order valence-corrected chi connectivity index (χ1v) is 9.17. The molecule has 3 N–H and O–H groups in total. The summed E-state index contributed by atoms with van der Waals surface area (Å²) in [5.41, 5.74) is -0.990. The highest BCUT2D eigenvalue weighted by Gasteiger charge is 2.50. The fraction of sp³-hybridized carbons (Fsp3) is 0.706. The molecule has 0 aliphatic carbocycles. The van der Waals surface area contributed by atoms with Crippen LogP contribution in [0.15, 0.2) is 0 Å². The van der Waals surface area contributed by atoms with Gasteiger partial charge < -0.3 is 15.4 Å². The maximum absolute atomic E-state index is 12.6. The van der Waals surface area contributed by atoms with Gasteiger partial charge in [-0.05, 0) is 19.3 Å². The lowest BCUT2D eigenvalue weighted by atomic mass is 9.88. The van der Waals surface area contributed by atoms with Crippen LogP contribution in [0.3, 0.4) is 0 Å². The van der Waals surface area contributed by atoms with Crippen LogP contribution in [0.1, 0.15) is 52.9 Å². The van der Waals surface area contributed by atoms with E-state index in [0.29, 0.717) is 38.6 Å². The summed E-state index contributed by atoms with van der Waals surface area (Å²) in [6.07, 6.45) is 3.06. The van der Waals surface area contributed by atoms with Crippen molar-refractivity contribution in [3.05, 3.63) is 0 Å². The van der Waals surface area contributed by atoms with Gasteiger partial charge in [-0.2, -0.15) is 0 Å². The Morgan fingerprint density at radius 1 is 1.07 bits per heavy atom. The Hall–Kier alpha value is -2.65. The van der Waals surface area contributed by atoms with Crippen LogP contribution in [-0.2, 0) is 19.1 Å². The van der Waals surface area contributed by atoms with E-state index in [-0.39, 0.29) is 0 Å². The van der Waals surface area contributed by atoms with Gasteiger partial charge in [-0.25, -0.2) is 9.59 Å². The zero-order valence-electron chi connectivity index (χ0n) is 16.1. The Labute approximate surface area is 158 Å². The molecule has 10 heteroatoms. The molecule has 1 saturated heterocycles. The Bertz CT molecular complexity index is 586. The molecule has 1 rings (SSSR count). The van der Waals surface area contributed by atoms with Gasteiger partial charge in [0.15, 0.2) is 6.61 Å². The molecule has 0 aromatic carbocycles. The van der Waals surface area contributed by atoms with Crippen molar-refractivity contribution in [3.63, 3.8) is 0 Å². The van der Waals surface area contributed by atoms with Crippen LogP contribution in [0.4, 0.5) is 9.59 Å². The number of urea groups is 2. The fourth-order valence-electron chi connectivity index (χ4n) is 2.90. The van der Waals surface area contributed by atoms with Gasteiger partial charge in [0.2, 0.25) is 0 Å². The van der Waals surface area contributed by atoms with Gasteiger partial charge in [0.1, 0.15) is 12.1 Å². The molecule has 0 aromatic heterocycles. The number of nitrogens with one attached hydrogen (secondary N) is 3. The molecule has 1 fully saturated rings. The average molecular weight is 384 g/mol. The largest absolute Gasteiger partial charge is 0.454 e. The molecule has 0 spiro atoms. The van der Waals surface area contributed by atoms with Crippen molar-refractivity contribution < 1.29 is 28.7 Å². The van der Waals surface area contributed by atoms with E-state index in [1.807, 2.05) is 26.1 Å².